The Kier molecular flexibility index (Phi) is 6.10. The molecule has 0 bridgehead atoms. The molecule has 0 radical (unpaired) electrons. The number of allylic oxidation sites excluding steroid dienone is 2. The second-order valence-corrected chi connectivity index (χ2v) is 6.71. The summed E-state index contributed by atoms with van der Waals surface area (Å²) < 4.78 is 0. The van der Waals surface area contributed by atoms with E-state index in [0.29, 0.717) is 11.8 Å². The fraction of sp³-hybridized carbons (Fsp3) is 0.722. The fourth-order valence-electron chi connectivity index (χ4n) is 3.02. The molecule has 108 valence electrons. The van der Waals surface area contributed by atoms with Crippen LogP contribution in [0.5, 0.6) is 0 Å². The van der Waals surface area contributed by atoms with Gasteiger partial charge in [0.15, 0.2) is 0 Å². The van der Waals surface area contributed by atoms with Gasteiger partial charge in [-0.3, -0.25) is 0 Å². The lowest BCUT2D eigenvalue weighted by atomic mass is 9.71. The summed E-state index contributed by atoms with van der Waals surface area (Å²) in [5.74, 6) is 0. The molecule has 0 fully saturated rings. The third kappa shape index (κ3) is 5.38. The van der Waals surface area contributed by atoms with Crippen molar-refractivity contribution in [2.75, 3.05) is 0 Å². The largest absolute Gasteiger partial charge is 0.393 e. The smallest absolute Gasteiger partial charge is 0.0552 e. The predicted octanol–water partition coefficient (Wildman–Crippen LogP) is 5.17. The van der Waals surface area contributed by atoms with Gasteiger partial charge in [-0.05, 0) is 76.4 Å². The van der Waals surface area contributed by atoms with Crippen molar-refractivity contribution in [2.24, 2.45) is 5.41 Å². The fourth-order valence-corrected chi connectivity index (χ4v) is 3.02. The lowest BCUT2D eigenvalue weighted by molar-refractivity contribution is 0.198. The number of rotatable bonds is 5. The van der Waals surface area contributed by atoms with Crippen molar-refractivity contribution in [3.63, 3.8) is 0 Å². The van der Waals surface area contributed by atoms with E-state index < -0.39 is 0 Å². The Labute approximate surface area is 119 Å². The van der Waals surface area contributed by atoms with Crippen LogP contribution in [0.1, 0.15) is 73.1 Å². The van der Waals surface area contributed by atoms with Crippen molar-refractivity contribution in [2.45, 2.75) is 79.2 Å². The maximum Gasteiger partial charge on any atom is 0.0552 e. The molecule has 0 saturated heterocycles. The highest BCUT2D eigenvalue weighted by atomic mass is 16.3. The Bertz CT molecular complexity index is 390. The van der Waals surface area contributed by atoms with Crippen LogP contribution >= 0.6 is 0 Å². The van der Waals surface area contributed by atoms with Crippen molar-refractivity contribution in [1.82, 2.24) is 0 Å². The monoisotopic (exact) mass is 262 g/mol. The van der Waals surface area contributed by atoms with E-state index in [1.54, 1.807) is 11.1 Å². The van der Waals surface area contributed by atoms with Gasteiger partial charge < -0.3 is 5.11 Å². The number of aliphatic hydroxyl groups excluding tert-OH is 1. The van der Waals surface area contributed by atoms with E-state index in [-0.39, 0.29) is 6.10 Å². The third-order valence-electron chi connectivity index (χ3n) is 4.24. The molecule has 0 amide bonds. The predicted molar refractivity (Wildman–Crippen MR) is 83.1 cm³/mol. The zero-order valence-electron chi connectivity index (χ0n) is 13.3. The topological polar surface area (TPSA) is 20.2 Å². The van der Waals surface area contributed by atoms with Gasteiger partial charge in [0.2, 0.25) is 0 Å². The molecular weight excluding hydrogens is 232 g/mol. The van der Waals surface area contributed by atoms with Gasteiger partial charge in [0.1, 0.15) is 0 Å². The van der Waals surface area contributed by atoms with E-state index in [2.05, 4.69) is 33.4 Å². The van der Waals surface area contributed by atoms with Gasteiger partial charge in [0.05, 0.1) is 6.10 Å². The van der Waals surface area contributed by atoms with Crippen LogP contribution in [0.25, 0.3) is 0 Å². The van der Waals surface area contributed by atoms with Crippen LogP contribution in [0.4, 0.5) is 0 Å². The average Bonchev–Trinajstić information content (AvgIpc) is 2.26. The van der Waals surface area contributed by atoms with E-state index in [1.807, 2.05) is 13.0 Å². The Balaban J connectivity index is 2.63. The van der Waals surface area contributed by atoms with Crippen LogP contribution in [-0.2, 0) is 0 Å². The first-order valence-electron chi connectivity index (χ1n) is 7.60. The highest BCUT2D eigenvalue weighted by molar-refractivity contribution is 5.23. The summed E-state index contributed by atoms with van der Waals surface area (Å²) >= 11 is 0. The van der Waals surface area contributed by atoms with Gasteiger partial charge >= 0.3 is 0 Å². The third-order valence-corrected chi connectivity index (χ3v) is 4.24. The molecule has 1 atom stereocenters. The molecule has 1 aliphatic carbocycles. The molecule has 1 nitrogen and oxygen atoms in total. The van der Waals surface area contributed by atoms with E-state index in [0.717, 1.165) is 6.42 Å². The molecule has 0 aromatic heterocycles. The molecule has 1 aliphatic rings. The number of hydrogen-bond donors (Lipinski definition) is 1. The minimum absolute atomic E-state index is 0.262. The number of hydrogen-bond acceptors (Lipinski definition) is 1. The summed E-state index contributed by atoms with van der Waals surface area (Å²) in [5, 5.41) is 9.21. The quantitative estimate of drug-likeness (QED) is 0.535. The standard InChI is InChI=1S/C18H30O/c1-14(8-6-10-16(3)19)11-12-17-15(2)9-7-13-18(17,4)5/h6,16,19H,7,9-13H2,1-5H3/t8?,16-/m1/s1. The normalized spacial score (nSPS) is 19.9. The molecule has 0 saturated carbocycles. The highest BCUT2D eigenvalue weighted by Gasteiger charge is 2.27. The first-order valence-corrected chi connectivity index (χ1v) is 7.60. The maximum absolute atomic E-state index is 9.21. The first-order chi connectivity index (χ1) is 8.83. The summed E-state index contributed by atoms with van der Waals surface area (Å²) in [6.07, 6.45) is 8.60. The lowest BCUT2D eigenvalue weighted by Gasteiger charge is -2.34. The van der Waals surface area contributed by atoms with Crippen molar-refractivity contribution >= 4 is 0 Å². The molecule has 0 unspecified atom stereocenters. The minimum Gasteiger partial charge on any atom is -0.393 e. The first kappa shape index (κ1) is 16.3. The van der Waals surface area contributed by atoms with Gasteiger partial charge in [0.25, 0.3) is 0 Å². The van der Waals surface area contributed by atoms with Crippen LogP contribution < -0.4 is 0 Å². The second kappa shape index (κ2) is 7.12. The molecule has 0 spiro atoms. The molecule has 0 aromatic rings. The zero-order chi connectivity index (χ0) is 14.5. The van der Waals surface area contributed by atoms with Crippen LogP contribution in [0, 0.1) is 5.41 Å². The Morgan fingerprint density at radius 3 is 2.74 bits per heavy atom. The molecule has 19 heavy (non-hydrogen) atoms. The summed E-state index contributed by atoms with van der Waals surface area (Å²) in [6.45, 7) is 11.0. The van der Waals surface area contributed by atoms with Crippen LogP contribution in [0.3, 0.4) is 0 Å². The highest BCUT2D eigenvalue weighted by Crippen LogP contribution is 2.42. The van der Waals surface area contributed by atoms with E-state index >= 15 is 0 Å². The summed E-state index contributed by atoms with van der Waals surface area (Å²) in [7, 11) is 0. The lowest BCUT2D eigenvalue weighted by Crippen LogP contribution is -2.20. The van der Waals surface area contributed by atoms with E-state index in [1.165, 1.54) is 31.3 Å². The maximum atomic E-state index is 9.21. The van der Waals surface area contributed by atoms with Gasteiger partial charge in [-0.25, -0.2) is 0 Å². The summed E-state index contributed by atoms with van der Waals surface area (Å²) in [6, 6.07) is 0. The van der Waals surface area contributed by atoms with Gasteiger partial charge in [-0.1, -0.05) is 25.0 Å². The van der Waals surface area contributed by atoms with Crippen LogP contribution in [0.2, 0.25) is 0 Å². The Morgan fingerprint density at radius 2 is 2.16 bits per heavy atom. The van der Waals surface area contributed by atoms with Gasteiger partial charge in [-0.2, -0.15) is 0 Å². The van der Waals surface area contributed by atoms with Gasteiger partial charge in [0, 0.05) is 0 Å². The zero-order valence-corrected chi connectivity index (χ0v) is 13.3. The Hall–Kier alpha value is -0.780. The molecule has 1 heteroatoms. The molecule has 0 heterocycles. The van der Waals surface area contributed by atoms with E-state index in [4.69, 9.17) is 0 Å². The van der Waals surface area contributed by atoms with Crippen molar-refractivity contribution in [1.29, 1.82) is 0 Å². The number of aliphatic hydroxyl groups is 1. The molecule has 0 aromatic carbocycles. The molecule has 1 rings (SSSR count). The molecule has 1 N–H and O–H groups in total. The van der Waals surface area contributed by atoms with Crippen molar-refractivity contribution in [3.8, 4) is 0 Å². The van der Waals surface area contributed by atoms with Crippen LogP contribution in [0.15, 0.2) is 28.5 Å². The van der Waals surface area contributed by atoms with Crippen molar-refractivity contribution < 1.29 is 5.11 Å². The van der Waals surface area contributed by atoms with Gasteiger partial charge in [-0.15, -0.1) is 5.73 Å². The SMILES string of the molecule is CC(=C=CC[C@@H](C)O)CCC1=C(C)CCCC1(C)C. The Morgan fingerprint density at radius 1 is 1.47 bits per heavy atom. The van der Waals surface area contributed by atoms with E-state index in [9.17, 15) is 5.11 Å². The van der Waals surface area contributed by atoms with Crippen molar-refractivity contribution in [3.05, 3.63) is 28.5 Å². The summed E-state index contributed by atoms with van der Waals surface area (Å²) in [4.78, 5) is 0. The average molecular weight is 262 g/mol. The second-order valence-electron chi connectivity index (χ2n) is 6.71. The summed E-state index contributed by atoms with van der Waals surface area (Å²) in [5.41, 5.74) is 8.25. The molecular formula is C18H30O. The molecule has 0 aliphatic heterocycles. The van der Waals surface area contributed by atoms with Crippen LogP contribution in [-0.4, -0.2) is 11.2 Å². The minimum atomic E-state index is -0.262.